The fourth-order valence-electron chi connectivity index (χ4n) is 3.52. The molecule has 0 bridgehead atoms. The number of carbonyl (C=O) groups excluding carboxylic acids is 2. The summed E-state index contributed by atoms with van der Waals surface area (Å²) in [4.78, 5) is 29.5. The Morgan fingerprint density at radius 3 is 2.74 bits per heavy atom. The van der Waals surface area contributed by atoms with E-state index in [4.69, 9.17) is 10.2 Å². The molecule has 1 aromatic heterocycles. The quantitative estimate of drug-likeness (QED) is 0.380. The summed E-state index contributed by atoms with van der Waals surface area (Å²) in [5.74, 6) is -2.44. The zero-order chi connectivity index (χ0) is 25.2. The number of amides is 2. The number of nitrogens with one attached hydrogen (secondary N) is 1. The van der Waals surface area contributed by atoms with Gasteiger partial charge in [0.15, 0.2) is 5.76 Å². The van der Waals surface area contributed by atoms with Crippen molar-refractivity contribution in [3.63, 3.8) is 0 Å². The van der Waals surface area contributed by atoms with E-state index >= 15 is 0 Å². The van der Waals surface area contributed by atoms with Gasteiger partial charge in [-0.05, 0) is 35.9 Å². The van der Waals surface area contributed by atoms with Crippen molar-refractivity contribution >= 4 is 39.0 Å². The number of sulfonamides is 1. The largest absolute Gasteiger partial charge is 0.451 e. The smallest absolute Gasteiger partial charge is 0.300 e. The Kier molecular flexibility index (Phi) is 6.52. The molecule has 9 nitrogen and oxygen atoms in total. The standard InChI is InChI=1S/C24H21FN4O5S.H2/c1-2-23(30)29-13-17(19(26)14-29)12-27-11-15-7-8-16-10-21(34-20(16)9-15)24(31)28-35(32,33)22-6-4-3-5-18(22)25;/h2-10,12H,1,11,13-14,26H2,(H,28,31);1H. The molecule has 0 fully saturated rings. The predicted molar refractivity (Wildman–Crippen MR) is 130 cm³/mol. The van der Waals surface area contributed by atoms with Crippen LogP contribution in [0.5, 0.6) is 0 Å². The van der Waals surface area contributed by atoms with E-state index in [1.807, 2.05) is 4.72 Å². The van der Waals surface area contributed by atoms with Crippen LogP contribution in [0.3, 0.4) is 0 Å². The van der Waals surface area contributed by atoms with Crippen molar-refractivity contribution in [2.75, 3.05) is 13.1 Å². The second kappa shape index (κ2) is 9.55. The summed E-state index contributed by atoms with van der Waals surface area (Å²) >= 11 is 0. The number of halogens is 1. The molecule has 0 unspecified atom stereocenters. The van der Waals surface area contributed by atoms with Crippen molar-refractivity contribution in [3.05, 3.63) is 89.6 Å². The third-order valence-corrected chi connectivity index (χ3v) is 6.67. The summed E-state index contributed by atoms with van der Waals surface area (Å²) in [6, 6.07) is 11.3. The van der Waals surface area contributed by atoms with Gasteiger partial charge in [0.05, 0.1) is 13.1 Å². The summed E-state index contributed by atoms with van der Waals surface area (Å²) < 4.78 is 45.9. The average Bonchev–Trinajstić information content (AvgIpc) is 3.42. The van der Waals surface area contributed by atoms with Gasteiger partial charge in [-0.1, -0.05) is 30.8 Å². The molecule has 3 N–H and O–H groups in total. The first-order valence-corrected chi connectivity index (χ1v) is 11.9. The van der Waals surface area contributed by atoms with E-state index in [0.717, 1.165) is 23.3 Å². The Morgan fingerprint density at radius 2 is 2.00 bits per heavy atom. The minimum absolute atomic E-state index is 0. The Morgan fingerprint density at radius 1 is 1.23 bits per heavy atom. The zero-order valence-electron chi connectivity index (χ0n) is 18.4. The number of carbonyl (C=O) groups is 2. The molecule has 0 saturated carbocycles. The highest BCUT2D eigenvalue weighted by Gasteiger charge is 2.24. The van der Waals surface area contributed by atoms with E-state index in [1.54, 1.807) is 29.3 Å². The predicted octanol–water partition coefficient (Wildman–Crippen LogP) is 2.75. The van der Waals surface area contributed by atoms with Crippen molar-refractivity contribution in [1.29, 1.82) is 0 Å². The number of furan rings is 1. The minimum Gasteiger partial charge on any atom is -0.451 e. The molecule has 3 aromatic rings. The van der Waals surface area contributed by atoms with Gasteiger partial charge in [0.2, 0.25) is 5.91 Å². The van der Waals surface area contributed by atoms with Crippen molar-refractivity contribution < 1.29 is 28.2 Å². The molecule has 4 rings (SSSR count). The molecule has 11 heteroatoms. The molecule has 2 aromatic carbocycles. The van der Waals surface area contributed by atoms with Crippen LogP contribution in [0.1, 0.15) is 17.5 Å². The SMILES string of the molecule is C=CC(=O)N1CC(N)=C(C=NCc2ccc3cc(C(=O)NS(=O)(=O)c4ccccc4F)oc3c2)C1.[HH]. The highest BCUT2D eigenvalue weighted by molar-refractivity contribution is 7.90. The number of rotatable bonds is 7. The number of hydrogen-bond acceptors (Lipinski definition) is 7. The first kappa shape index (κ1) is 23.9. The lowest BCUT2D eigenvalue weighted by atomic mass is 10.1. The fourth-order valence-corrected chi connectivity index (χ4v) is 4.55. The lowest BCUT2D eigenvalue weighted by molar-refractivity contribution is -0.124. The minimum atomic E-state index is -4.42. The number of aliphatic imine (C=N–C) groups is 1. The van der Waals surface area contributed by atoms with Gasteiger partial charge in [0.25, 0.3) is 10.0 Å². The summed E-state index contributed by atoms with van der Waals surface area (Å²) in [7, 11) is -4.42. The fraction of sp³-hybridized carbons (Fsp3) is 0.125. The van der Waals surface area contributed by atoms with Gasteiger partial charge in [-0.15, -0.1) is 0 Å². The molecule has 1 aliphatic heterocycles. The molecule has 0 spiro atoms. The van der Waals surface area contributed by atoms with Crippen LogP contribution in [-0.4, -0.2) is 44.4 Å². The van der Waals surface area contributed by atoms with E-state index < -0.39 is 26.6 Å². The van der Waals surface area contributed by atoms with E-state index in [2.05, 4.69) is 11.6 Å². The Labute approximate surface area is 202 Å². The van der Waals surface area contributed by atoms with Crippen LogP contribution in [0.15, 0.2) is 86.8 Å². The monoisotopic (exact) mass is 498 g/mol. The van der Waals surface area contributed by atoms with Gasteiger partial charge >= 0.3 is 5.91 Å². The van der Waals surface area contributed by atoms with Crippen molar-refractivity contribution in [1.82, 2.24) is 9.62 Å². The van der Waals surface area contributed by atoms with Crippen LogP contribution >= 0.6 is 0 Å². The summed E-state index contributed by atoms with van der Waals surface area (Å²) in [5.41, 5.74) is 8.41. The van der Waals surface area contributed by atoms with E-state index in [0.29, 0.717) is 29.8 Å². The molecule has 0 atom stereocenters. The van der Waals surface area contributed by atoms with E-state index in [1.165, 1.54) is 24.3 Å². The topological polar surface area (TPSA) is 135 Å². The van der Waals surface area contributed by atoms with Crippen molar-refractivity contribution in [2.45, 2.75) is 11.4 Å². The second-order valence-electron chi connectivity index (χ2n) is 7.77. The maximum absolute atomic E-state index is 13.8. The Bertz CT molecular complexity index is 1510. The Hall–Kier alpha value is -4.25. The van der Waals surface area contributed by atoms with Crippen molar-refractivity contribution in [3.8, 4) is 0 Å². The number of nitrogens with two attached hydrogens (primary N) is 1. The molecule has 182 valence electrons. The molecule has 1 aliphatic rings. The third-order valence-electron chi connectivity index (χ3n) is 5.30. The van der Waals surface area contributed by atoms with Crippen LogP contribution < -0.4 is 10.5 Å². The second-order valence-corrected chi connectivity index (χ2v) is 9.42. The van der Waals surface area contributed by atoms with Gasteiger partial charge in [-0.2, -0.15) is 0 Å². The van der Waals surface area contributed by atoms with Crippen LogP contribution in [0, 0.1) is 5.82 Å². The highest BCUT2D eigenvalue weighted by atomic mass is 32.2. The summed E-state index contributed by atoms with van der Waals surface area (Å²) in [5, 5.41) is 0.576. The third kappa shape index (κ3) is 5.14. The lowest BCUT2D eigenvalue weighted by Gasteiger charge is -2.12. The van der Waals surface area contributed by atoms with Crippen LogP contribution in [0.25, 0.3) is 11.0 Å². The van der Waals surface area contributed by atoms with Crippen LogP contribution in [0.2, 0.25) is 0 Å². The molecule has 0 saturated heterocycles. The summed E-state index contributed by atoms with van der Waals surface area (Å²) in [6.07, 6.45) is 2.85. The van der Waals surface area contributed by atoms with Gasteiger partial charge in [0.1, 0.15) is 16.3 Å². The normalized spacial score (nSPS) is 14.1. The molecular formula is C24H23FN4O5S. The van der Waals surface area contributed by atoms with Gasteiger partial charge in [-0.3, -0.25) is 14.6 Å². The Balaban J connectivity index is 0.00000361. The van der Waals surface area contributed by atoms with Gasteiger partial charge < -0.3 is 15.1 Å². The maximum Gasteiger partial charge on any atom is 0.300 e. The molecule has 0 aliphatic carbocycles. The first-order valence-electron chi connectivity index (χ1n) is 10.4. The van der Waals surface area contributed by atoms with Gasteiger partial charge in [-0.25, -0.2) is 17.5 Å². The van der Waals surface area contributed by atoms with Crippen molar-refractivity contribution in [2.24, 2.45) is 10.7 Å². The molecule has 2 amide bonds. The maximum atomic E-state index is 13.8. The zero-order valence-corrected chi connectivity index (χ0v) is 19.2. The molecule has 0 radical (unpaired) electrons. The average molecular weight is 499 g/mol. The number of fused-ring (bicyclic) bond motifs is 1. The molecular weight excluding hydrogens is 475 g/mol. The van der Waals surface area contributed by atoms with Gasteiger partial charge in [0, 0.05) is 30.8 Å². The van der Waals surface area contributed by atoms with Crippen LogP contribution in [0.4, 0.5) is 4.39 Å². The number of hydrogen-bond donors (Lipinski definition) is 2. The highest BCUT2D eigenvalue weighted by Crippen LogP contribution is 2.22. The molecule has 2 heterocycles. The van der Waals surface area contributed by atoms with E-state index in [9.17, 15) is 22.4 Å². The molecule has 35 heavy (non-hydrogen) atoms. The first-order chi connectivity index (χ1) is 16.7. The number of nitrogens with zero attached hydrogens (tertiary/aromatic N) is 2. The lowest BCUT2D eigenvalue weighted by Crippen LogP contribution is -2.30. The van der Waals surface area contributed by atoms with E-state index in [-0.39, 0.29) is 19.6 Å². The number of benzene rings is 2. The summed E-state index contributed by atoms with van der Waals surface area (Å²) in [6.45, 7) is 4.42. The van der Waals surface area contributed by atoms with Crippen LogP contribution in [-0.2, 0) is 21.4 Å².